The van der Waals surface area contributed by atoms with Gasteiger partial charge in [-0.15, -0.1) is 0 Å². The lowest BCUT2D eigenvalue weighted by atomic mass is 9.92. The van der Waals surface area contributed by atoms with Crippen LogP contribution in [0.1, 0.15) is 27.2 Å². The van der Waals surface area contributed by atoms with Gasteiger partial charge in [0.25, 0.3) is 0 Å². The van der Waals surface area contributed by atoms with E-state index < -0.39 is 10.0 Å². The summed E-state index contributed by atoms with van der Waals surface area (Å²) in [7, 11) is -3.40. The first-order valence-electron chi connectivity index (χ1n) is 8.73. The highest BCUT2D eigenvalue weighted by molar-refractivity contribution is 7.89. The average Bonchev–Trinajstić information content (AvgIpc) is 2.54. The van der Waals surface area contributed by atoms with Gasteiger partial charge in [-0.2, -0.15) is 4.31 Å². The van der Waals surface area contributed by atoms with Gasteiger partial charge in [-0.1, -0.05) is 39.0 Å². The van der Waals surface area contributed by atoms with Crippen molar-refractivity contribution in [1.82, 2.24) is 14.5 Å². The number of nitrogens with zero attached hydrogens (tertiary/aromatic N) is 2. The average molecular weight is 368 g/mol. The lowest BCUT2D eigenvalue weighted by Crippen LogP contribution is -2.50. The standard InChI is InChI=1S/C18H29N3O3S/c1-18(2,3)15-17(22)19-9-10-20-11-13-21(14-12-20)25(23,24)16-7-5-4-6-8-16/h4-8H,9-15H2,1-3H3,(H,19,22). The van der Waals surface area contributed by atoms with Gasteiger partial charge in [0, 0.05) is 45.7 Å². The van der Waals surface area contributed by atoms with Gasteiger partial charge < -0.3 is 5.32 Å². The fraction of sp³-hybridized carbons (Fsp3) is 0.611. The first kappa shape index (κ1) is 19.9. The number of hydrogen-bond donors (Lipinski definition) is 1. The van der Waals surface area contributed by atoms with Crippen molar-refractivity contribution in [2.75, 3.05) is 39.3 Å². The number of sulfonamides is 1. The number of piperazine rings is 1. The van der Waals surface area contributed by atoms with Crippen LogP contribution in [0.2, 0.25) is 0 Å². The van der Waals surface area contributed by atoms with Crippen LogP contribution in [0.3, 0.4) is 0 Å². The Morgan fingerprint density at radius 2 is 1.68 bits per heavy atom. The van der Waals surface area contributed by atoms with Crippen molar-refractivity contribution in [3.63, 3.8) is 0 Å². The molecule has 1 heterocycles. The molecule has 7 heteroatoms. The number of rotatable bonds is 6. The van der Waals surface area contributed by atoms with E-state index in [1.807, 2.05) is 26.8 Å². The summed E-state index contributed by atoms with van der Waals surface area (Å²) < 4.78 is 26.7. The van der Waals surface area contributed by atoms with Crippen molar-refractivity contribution in [2.24, 2.45) is 5.41 Å². The summed E-state index contributed by atoms with van der Waals surface area (Å²) in [6.45, 7) is 9.79. The second-order valence-electron chi connectivity index (χ2n) is 7.65. The lowest BCUT2D eigenvalue weighted by Gasteiger charge is -2.34. The quantitative estimate of drug-likeness (QED) is 0.828. The van der Waals surface area contributed by atoms with E-state index in [1.165, 1.54) is 4.31 Å². The number of amides is 1. The zero-order valence-corrected chi connectivity index (χ0v) is 16.2. The van der Waals surface area contributed by atoms with Gasteiger partial charge in [0.1, 0.15) is 0 Å². The van der Waals surface area contributed by atoms with Crippen molar-refractivity contribution in [3.8, 4) is 0 Å². The van der Waals surface area contributed by atoms with Crippen LogP contribution in [-0.2, 0) is 14.8 Å². The molecule has 0 aromatic heterocycles. The van der Waals surface area contributed by atoms with Crippen LogP contribution >= 0.6 is 0 Å². The molecule has 0 aliphatic carbocycles. The Bertz CT molecular complexity index is 661. The largest absolute Gasteiger partial charge is 0.355 e. The van der Waals surface area contributed by atoms with Crippen molar-refractivity contribution in [2.45, 2.75) is 32.1 Å². The summed E-state index contributed by atoms with van der Waals surface area (Å²) in [5.74, 6) is 0.0674. The van der Waals surface area contributed by atoms with Crippen LogP contribution in [-0.4, -0.2) is 62.8 Å². The summed E-state index contributed by atoms with van der Waals surface area (Å²) in [5, 5.41) is 2.94. The van der Waals surface area contributed by atoms with Gasteiger partial charge in [-0.05, 0) is 17.5 Å². The molecule has 1 saturated heterocycles. The molecule has 1 aliphatic rings. The van der Waals surface area contributed by atoms with Gasteiger partial charge in [-0.3, -0.25) is 9.69 Å². The van der Waals surface area contributed by atoms with Crippen LogP contribution < -0.4 is 5.32 Å². The van der Waals surface area contributed by atoms with Gasteiger partial charge >= 0.3 is 0 Å². The summed E-state index contributed by atoms with van der Waals surface area (Å²) in [6, 6.07) is 8.55. The minimum absolute atomic E-state index is 0.0124. The SMILES string of the molecule is CC(C)(C)CC(=O)NCCN1CCN(S(=O)(=O)c2ccccc2)CC1. The Labute approximate surface area is 151 Å². The lowest BCUT2D eigenvalue weighted by molar-refractivity contribution is -0.122. The monoisotopic (exact) mass is 367 g/mol. The van der Waals surface area contributed by atoms with E-state index in [4.69, 9.17) is 0 Å². The molecule has 0 radical (unpaired) electrons. The Morgan fingerprint density at radius 3 is 2.24 bits per heavy atom. The van der Waals surface area contributed by atoms with E-state index in [0.29, 0.717) is 44.0 Å². The fourth-order valence-corrected chi connectivity index (χ4v) is 4.28. The number of hydrogen-bond acceptors (Lipinski definition) is 4. The predicted octanol–water partition coefficient (Wildman–Crippen LogP) is 1.55. The Balaban J connectivity index is 1.76. The maximum absolute atomic E-state index is 12.6. The molecule has 1 aromatic carbocycles. The molecular weight excluding hydrogens is 338 g/mol. The summed E-state index contributed by atoms with van der Waals surface area (Å²) in [5.41, 5.74) is -0.0124. The normalized spacial score (nSPS) is 17.4. The molecule has 2 rings (SSSR count). The molecular formula is C18H29N3O3S. The zero-order chi connectivity index (χ0) is 18.5. The third-order valence-electron chi connectivity index (χ3n) is 4.15. The predicted molar refractivity (Wildman–Crippen MR) is 98.7 cm³/mol. The highest BCUT2D eigenvalue weighted by Gasteiger charge is 2.28. The maximum Gasteiger partial charge on any atom is 0.243 e. The number of nitrogens with one attached hydrogen (secondary N) is 1. The molecule has 0 bridgehead atoms. The summed E-state index contributed by atoms with van der Waals surface area (Å²) in [6.07, 6.45) is 0.510. The van der Waals surface area contributed by atoms with Crippen molar-refractivity contribution in [1.29, 1.82) is 0 Å². The Morgan fingerprint density at radius 1 is 1.08 bits per heavy atom. The molecule has 25 heavy (non-hydrogen) atoms. The van der Waals surface area contributed by atoms with Crippen molar-refractivity contribution < 1.29 is 13.2 Å². The van der Waals surface area contributed by atoms with E-state index in [9.17, 15) is 13.2 Å². The van der Waals surface area contributed by atoms with Crippen molar-refractivity contribution >= 4 is 15.9 Å². The molecule has 140 valence electrons. The second kappa shape index (κ2) is 8.29. The topological polar surface area (TPSA) is 69.7 Å². The molecule has 1 fully saturated rings. The third kappa shape index (κ3) is 6.09. The van der Waals surface area contributed by atoms with Gasteiger partial charge in [0.15, 0.2) is 0 Å². The molecule has 1 N–H and O–H groups in total. The molecule has 0 saturated carbocycles. The van der Waals surface area contributed by atoms with Gasteiger partial charge in [0.05, 0.1) is 4.90 Å². The zero-order valence-electron chi connectivity index (χ0n) is 15.4. The molecule has 1 aromatic rings. The van der Waals surface area contributed by atoms with E-state index in [-0.39, 0.29) is 11.3 Å². The van der Waals surface area contributed by atoms with Crippen LogP contribution in [0, 0.1) is 5.41 Å². The maximum atomic E-state index is 12.6. The highest BCUT2D eigenvalue weighted by Crippen LogP contribution is 2.18. The van der Waals surface area contributed by atoms with Gasteiger partial charge in [-0.25, -0.2) is 8.42 Å². The van der Waals surface area contributed by atoms with Crippen LogP contribution in [0.15, 0.2) is 35.2 Å². The van der Waals surface area contributed by atoms with Crippen molar-refractivity contribution in [3.05, 3.63) is 30.3 Å². The van der Waals surface area contributed by atoms with Crippen LogP contribution in [0.4, 0.5) is 0 Å². The van der Waals surface area contributed by atoms with E-state index in [0.717, 1.165) is 6.54 Å². The fourth-order valence-electron chi connectivity index (χ4n) is 2.83. The minimum Gasteiger partial charge on any atom is -0.355 e. The Kier molecular flexibility index (Phi) is 6.59. The summed E-state index contributed by atoms with van der Waals surface area (Å²) >= 11 is 0. The smallest absolute Gasteiger partial charge is 0.243 e. The summed E-state index contributed by atoms with van der Waals surface area (Å²) in [4.78, 5) is 14.4. The van der Waals surface area contributed by atoms with E-state index in [2.05, 4.69) is 10.2 Å². The second-order valence-corrected chi connectivity index (χ2v) is 9.58. The Hall–Kier alpha value is -1.44. The van der Waals surface area contributed by atoms with Crippen LogP contribution in [0.5, 0.6) is 0 Å². The van der Waals surface area contributed by atoms with Gasteiger partial charge in [0.2, 0.25) is 15.9 Å². The molecule has 0 spiro atoms. The minimum atomic E-state index is -3.40. The molecule has 1 amide bonds. The molecule has 1 aliphatic heterocycles. The number of carbonyl (C=O) groups excluding carboxylic acids is 1. The molecule has 0 unspecified atom stereocenters. The van der Waals surface area contributed by atoms with E-state index >= 15 is 0 Å². The highest BCUT2D eigenvalue weighted by atomic mass is 32.2. The molecule has 0 atom stereocenters. The van der Waals surface area contributed by atoms with Crippen LogP contribution in [0.25, 0.3) is 0 Å². The number of benzene rings is 1. The number of carbonyl (C=O) groups is 1. The molecule has 6 nitrogen and oxygen atoms in total. The first-order valence-corrected chi connectivity index (χ1v) is 10.2. The van der Waals surface area contributed by atoms with E-state index in [1.54, 1.807) is 24.3 Å². The first-order chi connectivity index (χ1) is 11.7. The third-order valence-corrected chi connectivity index (χ3v) is 6.07.